The number of hydrogen-bond acceptors (Lipinski definition) is 4. The second-order valence-corrected chi connectivity index (χ2v) is 16.6. The van der Waals surface area contributed by atoms with E-state index in [9.17, 15) is 0 Å². The normalized spacial score (nSPS) is 14.4. The van der Waals surface area contributed by atoms with Gasteiger partial charge in [-0.05, 0) is 86.5 Å². The fourth-order valence-electron chi connectivity index (χ4n) is 8.56. The van der Waals surface area contributed by atoms with E-state index in [-0.39, 0.29) is 10.8 Å². The lowest BCUT2D eigenvalue weighted by molar-refractivity contribution is 0.332. The monoisotopic (exact) mass is 736 g/mol. The molecule has 5 nitrogen and oxygen atoms in total. The van der Waals surface area contributed by atoms with Crippen LogP contribution in [-0.4, -0.2) is 15.0 Å². The summed E-state index contributed by atoms with van der Waals surface area (Å²) in [5.74, 6) is 1.79. The van der Waals surface area contributed by atoms with Gasteiger partial charge in [-0.2, -0.15) is 0 Å². The van der Waals surface area contributed by atoms with Crippen molar-refractivity contribution in [3.8, 4) is 56.4 Å². The Morgan fingerprint density at radius 2 is 1.07 bits per heavy atom. The SMILES string of the molecule is [C-]#[N+]c1ccc(-c2ccc(-c3nc(-c4ccc5ccccc5c4)nc(-c4cc(-c5ccc6c(c5)C(C)(C)CCC6(C)C)c5oc6ccccc6c5c4)n3)cc2)cc1. The average molecular weight is 737 g/mol. The molecular weight excluding hydrogens is 697 g/mol. The zero-order valence-electron chi connectivity index (χ0n) is 32.5. The number of para-hydroxylation sites is 1. The van der Waals surface area contributed by atoms with Crippen LogP contribution in [0.3, 0.4) is 0 Å². The molecule has 0 bridgehead atoms. The predicted molar refractivity (Wildman–Crippen MR) is 233 cm³/mol. The molecule has 2 aromatic heterocycles. The summed E-state index contributed by atoms with van der Waals surface area (Å²) >= 11 is 0. The summed E-state index contributed by atoms with van der Waals surface area (Å²) in [5.41, 5.74) is 12.3. The molecule has 1 aliphatic rings. The van der Waals surface area contributed by atoms with E-state index in [0.29, 0.717) is 23.2 Å². The third-order valence-electron chi connectivity index (χ3n) is 12.0. The van der Waals surface area contributed by atoms with Gasteiger partial charge in [0.1, 0.15) is 11.2 Å². The Balaban J connectivity index is 1.18. The van der Waals surface area contributed by atoms with Crippen molar-refractivity contribution in [2.24, 2.45) is 0 Å². The Morgan fingerprint density at radius 3 is 1.81 bits per heavy atom. The molecule has 0 atom stereocenters. The minimum Gasteiger partial charge on any atom is -0.455 e. The maximum atomic E-state index is 7.33. The fourth-order valence-corrected chi connectivity index (χ4v) is 8.56. The van der Waals surface area contributed by atoms with Crippen molar-refractivity contribution in [3.63, 3.8) is 0 Å². The van der Waals surface area contributed by atoms with E-state index >= 15 is 0 Å². The molecule has 1 aliphatic carbocycles. The Morgan fingerprint density at radius 1 is 0.491 bits per heavy atom. The predicted octanol–water partition coefficient (Wildman–Crippen LogP) is 14.2. The van der Waals surface area contributed by atoms with Gasteiger partial charge in [0.25, 0.3) is 0 Å². The van der Waals surface area contributed by atoms with E-state index in [0.717, 1.165) is 84.5 Å². The Labute approximate surface area is 332 Å². The lowest BCUT2D eigenvalue weighted by Crippen LogP contribution is -2.33. The lowest BCUT2D eigenvalue weighted by Gasteiger charge is -2.42. The highest BCUT2D eigenvalue weighted by molar-refractivity contribution is 6.11. The molecule has 0 fully saturated rings. The summed E-state index contributed by atoms with van der Waals surface area (Å²) in [7, 11) is 0. The number of benzene rings is 7. The number of aromatic nitrogens is 3. The maximum Gasteiger partial charge on any atom is 0.187 e. The zero-order chi connectivity index (χ0) is 38.9. The smallest absolute Gasteiger partial charge is 0.187 e. The second kappa shape index (κ2) is 13.1. The van der Waals surface area contributed by atoms with Gasteiger partial charge < -0.3 is 4.42 Å². The van der Waals surface area contributed by atoms with Crippen LogP contribution in [0, 0.1) is 6.57 Å². The van der Waals surface area contributed by atoms with Crippen LogP contribution in [0.4, 0.5) is 5.69 Å². The van der Waals surface area contributed by atoms with Crippen LogP contribution in [0.2, 0.25) is 0 Å². The molecule has 0 saturated heterocycles. The topological polar surface area (TPSA) is 56.2 Å². The maximum absolute atomic E-state index is 7.33. The highest BCUT2D eigenvalue weighted by Gasteiger charge is 2.37. The van der Waals surface area contributed by atoms with Gasteiger partial charge in [0.15, 0.2) is 23.2 Å². The van der Waals surface area contributed by atoms with Crippen molar-refractivity contribution < 1.29 is 4.42 Å². The van der Waals surface area contributed by atoms with Gasteiger partial charge in [-0.25, -0.2) is 19.8 Å². The van der Waals surface area contributed by atoms with Crippen molar-refractivity contribution in [1.82, 2.24) is 15.0 Å². The first-order chi connectivity index (χ1) is 27.6. The number of hydrogen-bond donors (Lipinski definition) is 0. The van der Waals surface area contributed by atoms with Crippen molar-refractivity contribution >= 4 is 38.4 Å². The Bertz CT molecular complexity index is 3070. The molecule has 0 aliphatic heterocycles. The first-order valence-corrected chi connectivity index (χ1v) is 19.6. The Hall–Kier alpha value is -6.90. The van der Waals surface area contributed by atoms with E-state index < -0.39 is 0 Å². The second-order valence-electron chi connectivity index (χ2n) is 16.6. The van der Waals surface area contributed by atoms with Crippen molar-refractivity contribution in [1.29, 1.82) is 0 Å². The quantitative estimate of drug-likeness (QED) is 0.165. The molecule has 0 unspecified atom stereocenters. The van der Waals surface area contributed by atoms with Gasteiger partial charge in [0.05, 0.1) is 6.57 Å². The number of rotatable bonds is 5. The molecule has 0 spiro atoms. The van der Waals surface area contributed by atoms with E-state index in [4.69, 9.17) is 25.9 Å². The third kappa shape index (κ3) is 6.06. The highest BCUT2D eigenvalue weighted by atomic mass is 16.3. The van der Waals surface area contributed by atoms with Gasteiger partial charge in [0, 0.05) is 33.0 Å². The fraction of sp³-hybridized carbons (Fsp3) is 0.154. The summed E-state index contributed by atoms with van der Waals surface area (Å²) in [6.07, 6.45) is 2.30. The molecule has 2 heterocycles. The van der Waals surface area contributed by atoms with Gasteiger partial charge in [-0.1, -0.05) is 149 Å². The third-order valence-corrected chi connectivity index (χ3v) is 12.0. The molecule has 0 saturated carbocycles. The van der Waals surface area contributed by atoms with Gasteiger partial charge in [0.2, 0.25) is 0 Å². The largest absolute Gasteiger partial charge is 0.455 e. The highest BCUT2D eigenvalue weighted by Crippen LogP contribution is 2.48. The molecule has 0 N–H and O–H groups in total. The summed E-state index contributed by atoms with van der Waals surface area (Å²) in [4.78, 5) is 19.1. The zero-order valence-corrected chi connectivity index (χ0v) is 32.5. The first kappa shape index (κ1) is 34.6. The molecule has 5 heteroatoms. The number of fused-ring (bicyclic) bond motifs is 5. The van der Waals surface area contributed by atoms with Crippen LogP contribution in [-0.2, 0) is 10.8 Å². The van der Waals surface area contributed by atoms with Crippen LogP contribution < -0.4 is 0 Å². The summed E-state index contributed by atoms with van der Waals surface area (Å²) < 4.78 is 6.69. The molecule has 0 amide bonds. The minimum atomic E-state index is 0.0557. The van der Waals surface area contributed by atoms with Crippen LogP contribution in [0.25, 0.3) is 94.0 Å². The Kier molecular flexibility index (Phi) is 7.95. The van der Waals surface area contributed by atoms with Gasteiger partial charge in [-0.3, -0.25) is 0 Å². The van der Waals surface area contributed by atoms with Gasteiger partial charge in [-0.15, -0.1) is 0 Å². The van der Waals surface area contributed by atoms with Crippen molar-refractivity contribution in [2.45, 2.75) is 51.4 Å². The molecule has 57 heavy (non-hydrogen) atoms. The number of furan rings is 1. The van der Waals surface area contributed by atoms with Crippen molar-refractivity contribution in [2.75, 3.05) is 0 Å². The summed E-state index contributed by atoms with van der Waals surface area (Å²) in [6.45, 7) is 16.8. The standard InChI is InChI=1S/C52H40N4O/c1-51(2)26-27-52(3,4)45-31-37(22-25-44(45)51)42-29-39(30-43-41-12-8-9-13-46(41)57-47(42)43)50-55-48(35-17-14-33(15-18-35)34-20-23-40(53-5)24-21-34)54-49(56-50)38-19-16-32-10-6-7-11-36(32)28-38/h6-25,28-31H,26-27H2,1-4H3. The molecule has 7 aromatic carbocycles. The summed E-state index contributed by atoms with van der Waals surface area (Å²) in [5, 5.41) is 4.37. The van der Waals surface area contributed by atoms with Gasteiger partial charge >= 0.3 is 0 Å². The van der Waals surface area contributed by atoms with E-state index in [2.05, 4.69) is 142 Å². The molecule has 274 valence electrons. The lowest BCUT2D eigenvalue weighted by atomic mass is 9.63. The first-order valence-electron chi connectivity index (χ1n) is 19.6. The van der Waals surface area contributed by atoms with Crippen LogP contribution >= 0.6 is 0 Å². The van der Waals surface area contributed by atoms with Crippen LogP contribution in [0.1, 0.15) is 51.7 Å². The van der Waals surface area contributed by atoms with Crippen molar-refractivity contribution in [3.05, 3.63) is 168 Å². The number of nitrogens with zero attached hydrogens (tertiary/aromatic N) is 4. The van der Waals surface area contributed by atoms with E-state index in [1.165, 1.54) is 11.1 Å². The van der Waals surface area contributed by atoms with E-state index in [1.807, 2.05) is 36.4 Å². The van der Waals surface area contributed by atoms with Crippen LogP contribution in [0.15, 0.2) is 150 Å². The molecule has 9 aromatic rings. The summed E-state index contributed by atoms with van der Waals surface area (Å²) in [6, 6.07) is 50.4. The average Bonchev–Trinajstić information content (AvgIpc) is 3.63. The molecule has 0 radical (unpaired) electrons. The van der Waals surface area contributed by atoms with Crippen LogP contribution in [0.5, 0.6) is 0 Å². The van der Waals surface area contributed by atoms with E-state index in [1.54, 1.807) is 0 Å². The minimum absolute atomic E-state index is 0.0557. The molecule has 10 rings (SSSR count). The molecular formula is C52H40N4O.